The number of hydrogen-bond donors (Lipinski definition) is 2. The second kappa shape index (κ2) is 6.53. The maximum atomic E-state index is 11.7. The molecule has 1 saturated heterocycles. The number of likely N-dealkylation sites (tertiary alicyclic amines) is 1. The third-order valence-corrected chi connectivity index (χ3v) is 4.48. The minimum atomic E-state index is -0.198. The van der Waals surface area contributed by atoms with Crippen molar-refractivity contribution in [3.63, 3.8) is 0 Å². The molecule has 0 aromatic rings. The number of rotatable bonds is 2. The van der Waals surface area contributed by atoms with Crippen LogP contribution in [-0.4, -0.2) is 48.2 Å². The van der Waals surface area contributed by atoms with Crippen LogP contribution in [0, 0.1) is 5.92 Å². The fourth-order valence-corrected chi connectivity index (χ4v) is 3.42. The van der Waals surface area contributed by atoms with Crippen LogP contribution in [0.5, 0.6) is 0 Å². The molecule has 104 valence electrons. The molecule has 4 nitrogen and oxygen atoms in total. The summed E-state index contributed by atoms with van der Waals surface area (Å²) in [5, 5.41) is 13.0. The van der Waals surface area contributed by atoms with E-state index in [0.717, 1.165) is 45.2 Å². The van der Waals surface area contributed by atoms with E-state index < -0.39 is 0 Å². The first kappa shape index (κ1) is 13.8. The van der Waals surface area contributed by atoms with Crippen molar-refractivity contribution in [3.05, 3.63) is 0 Å². The molecule has 0 aromatic heterocycles. The SMILES string of the molecule is CNC(=O)C1CCCN(C2CCCCCC2O)C1. The molecule has 18 heavy (non-hydrogen) atoms. The van der Waals surface area contributed by atoms with Gasteiger partial charge >= 0.3 is 0 Å². The van der Waals surface area contributed by atoms with Crippen molar-refractivity contribution < 1.29 is 9.90 Å². The Morgan fingerprint density at radius 3 is 2.72 bits per heavy atom. The fraction of sp³-hybridized carbons (Fsp3) is 0.929. The smallest absolute Gasteiger partial charge is 0.224 e. The van der Waals surface area contributed by atoms with Gasteiger partial charge in [-0.2, -0.15) is 0 Å². The van der Waals surface area contributed by atoms with Crippen molar-refractivity contribution in [1.29, 1.82) is 0 Å². The molecule has 3 atom stereocenters. The molecule has 2 N–H and O–H groups in total. The van der Waals surface area contributed by atoms with Gasteiger partial charge in [-0.25, -0.2) is 0 Å². The van der Waals surface area contributed by atoms with Gasteiger partial charge in [0.1, 0.15) is 0 Å². The van der Waals surface area contributed by atoms with Crippen LogP contribution in [-0.2, 0) is 4.79 Å². The van der Waals surface area contributed by atoms with Crippen molar-refractivity contribution in [1.82, 2.24) is 10.2 Å². The molecule has 2 aliphatic rings. The van der Waals surface area contributed by atoms with Crippen molar-refractivity contribution >= 4 is 5.91 Å². The minimum Gasteiger partial charge on any atom is -0.391 e. The minimum absolute atomic E-state index is 0.110. The van der Waals surface area contributed by atoms with Crippen LogP contribution < -0.4 is 5.32 Å². The maximum absolute atomic E-state index is 11.7. The highest BCUT2D eigenvalue weighted by Gasteiger charge is 2.33. The average molecular weight is 254 g/mol. The normalized spacial score (nSPS) is 34.9. The molecule has 1 aliphatic heterocycles. The number of aliphatic hydroxyl groups is 1. The van der Waals surface area contributed by atoms with E-state index in [9.17, 15) is 9.90 Å². The lowest BCUT2D eigenvalue weighted by Crippen LogP contribution is -2.50. The van der Waals surface area contributed by atoms with Crippen molar-refractivity contribution in [2.24, 2.45) is 5.92 Å². The first-order chi connectivity index (χ1) is 8.72. The summed E-state index contributed by atoms with van der Waals surface area (Å²) in [5.41, 5.74) is 0. The van der Waals surface area contributed by atoms with Crippen LogP contribution in [0.2, 0.25) is 0 Å². The molecule has 1 saturated carbocycles. The molecular formula is C14H26N2O2. The van der Waals surface area contributed by atoms with E-state index in [-0.39, 0.29) is 24.0 Å². The predicted octanol–water partition coefficient (Wildman–Crippen LogP) is 1.14. The molecule has 1 amide bonds. The lowest BCUT2D eigenvalue weighted by molar-refractivity contribution is -0.127. The monoisotopic (exact) mass is 254 g/mol. The molecule has 2 rings (SSSR count). The van der Waals surface area contributed by atoms with Gasteiger partial charge < -0.3 is 10.4 Å². The third kappa shape index (κ3) is 3.23. The quantitative estimate of drug-likeness (QED) is 0.727. The van der Waals surface area contributed by atoms with Crippen molar-refractivity contribution in [3.8, 4) is 0 Å². The number of carbonyl (C=O) groups excluding carboxylic acids is 1. The van der Waals surface area contributed by atoms with Gasteiger partial charge in [-0.05, 0) is 32.2 Å². The Labute approximate surface area is 110 Å². The molecule has 0 spiro atoms. The maximum Gasteiger partial charge on any atom is 0.224 e. The van der Waals surface area contributed by atoms with Gasteiger partial charge in [0, 0.05) is 19.6 Å². The van der Waals surface area contributed by atoms with Gasteiger partial charge in [-0.1, -0.05) is 19.3 Å². The molecule has 2 fully saturated rings. The van der Waals surface area contributed by atoms with Crippen LogP contribution in [0.25, 0.3) is 0 Å². The van der Waals surface area contributed by atoms with E-state index in [2.05, 4.69) is 10.2 Å². The topological polar surface area (TPSA) is 52.6 Å². The van der Waals surface area contributed by atoms with Gasteiger partial charge in [0.2, 0.25) is 5.91 Å². The van der Waals surface area contributed by atoms with Crippen LogP contribution in [0.3, 0.4) is 0 Å². The second-order valence-electron chi connectivity index (χ2n) is 5.72. The Bertz CT molecular complexity index is 283. The van der Waals surface area contributed by atoms with Crippen LogP contribution in [0.4, 0.5) is 0 Å². The number of amides is 1. The first-order valence-corrected chi connectivity index (χ1v) is 7.36. The molecule has 0 radical (unpaired) electrons. The van der Waals surface area contributed by atoms with E-state index in [1.54, 1.807) is 7.05 Å². The highest BCUT2D eigenvalue weighted by Crippen LogP contribution is 2.27. The summed E-state index contributed by atoms with van der Waals surface area (Å²) in [4.78, 5) is 14.1. The lowest BCUT2D eigenvalue weighted by atomic mass is 9.93. The summed E-state index contributed by atoms with van der Waals surface area (Å²) >= 11 is 0. The number of aliphatic hydroxyl groups excluding tert-OH is 1. The molecule has 3 unspecified atom stereocenters. The van der Waals surface area contributed by atoms with E-state index in [4.69, 9.17) is 0 Å². The van der Waals surface area contributed by atoms with Gasteiger partial charge in [-0.3, -0.25) is 9.69 Å². The van der Waals surface area contributed by atoms with Crippen molar-refractivity contribution in [2.45, 2.75) is 57.1 Å². The van der Waals surface area contributed by atoms with Crippen LogP contribution >= 0.6 is 0 Å². The number of hydrogen-bond acceptors (Lipinski definition) is 3. The Kier molecular flexibility index (Phi) is 5.01. The zero-order valence-corrected chi connectivity index (χ0v) is 11.4. The molecule has 0 bridgehead atoms. The molecule has 0 aromatic carbocycles. The largest absolute Gasteiger partial charge is 0.391 e. The number of nitrogens with zero attached hydrogens (tertiary/aromatic N) is 1. The zero-order chi connectivity index (χ0) is 13.0. The van der Waals surface area contributed by atoms with E-state index in [0.29, 0.717) is 0 Å². The zero-order valence-electron chi connectivity index (χ0n) is 11.4. The Balaban J connectivity index is 1.96. The molecule has 1 aliphatic carbocycles. The first-order valence-electron chi connectivity index (χ1n) is 7.36. The van der Waals surface area contributed by atoms with Crippen LogP contribution in [0.1, 0.15) is 44.9 Å². The number of piperidine rings is 1. The summed E-state index contributed by atoms with van der Waals surface area (Å²) in [5.74, 6) is 0.266. The highest BCUT2D eigenvalue weighted by atomic mass is 16.3. The van der Waals surface area contributed by atoms with Crippen molar-refractivity contribution in [2.75, 3.05) is 20.1 Å². The van der Waals surface area contributed by atoms with Gasteiger partial charge in [0.25, 0.3) is 0 Å². The molecule has 4 heteroatoms. The fourth-order valence-electron chi connectivity index (χ4n) is 3.42. The Hall–Kier alpha value is -0.610. The van der Waals surface area contributed by atoms with E-state index >= 15 is 0 Å². The van der Waals surface area contributed by atoms with Gasteiger partial charge in [0.05, 0.1) is 12.0 Å². The predicted molar refractivity (Wildman–Crippen MR) is 71.2 cm³/mol. The summed E-state index contributed by atoms with van der Waals surface area (Å²) in [7, 11) is 1.71. The van der Waals surface area contributed by atoms with E-state index in [1.165, 1.54) is 12.8 Å². The van der Waals surface area contributed by atoms with Gasteiger partial charge in [0.15, 0.2) is 0 Å². The third-order valence-electron chi connectivity index (χ3n) is 4.48. The molecular weight excluding hydrogens is 228 g/mol. The van der Waals surface area contributed by atoms with E-state index in [1.807, 2.05) is 0 Å². The van der Waals surface area contributed by atoms with Gasteiger partial charge in [-0.15, -0.1) is 0 Å². The highest BCUT2D eigenvalue weighted by molar-refractivity contribution is 5.78. The second-order valence-corrected chi connectivity index (χ2v) is 5.72. The summed E-state index contributed by atoms with van der Waals surface area (Å²) in [6.07, 6.45) is 7.46. The van der Waals surface area contributed by atoms with Crippen LogP contribution in [0.15, 0.2) is 0 Å². The summed E-state index contributed by atoms with van der Waals surface area (Å²) in [6.45, 7) is 1.86. The average Bonchev–Trinajstić information content (AvgIpc) is 2.62. The lowest BCUT2D eigenvalue weighted by Gasteiger charge is -2.39. The number of nitrogens with one attached hydrogen (secondary N) is 1. The summed E-state index contributed by atoms with van der Waals surface area (Å²) in [6, 6.07) is 0.278. The Morgan fingerprint density at radius 1 is 1.17 bits per heavy atom. The number of carbonyl (C=O) groups is 1. The molecule has 1 heterocycles. The standard InChI is InChI=1S/C14H26N2O2/c1-15-14(18)11-6-5-9-16(10-11)12-7-3-2-4-8-13(12)17/h11-13,17H,2-10H2,1H3,(H,15,18). The summed E-state index contributed by atoms with van der Waals surface area (Å²) < 4.78 is 0. The Morgan fingerprint density at radius 2 is 1.94 bits per heavy atom.